The molecule has 0 bridgehead atoms. The summed E-state index contributed by atoms with van der Waals surface area (Å²) in [5.74, 6) is -0.245. The van der Waals surface area contributed by atoms with E-state index in [2.05, 4.69) is 21.2 Å². The minimum absolute atomic E-state index is 0.247. The quantitative estimate of drug-likeness (QED) is 0.831. The first kappa shape index (κ1) is 15.3. The van der Waals surface area contributed by atoms with E-state index in [1.54, 1.807) is 18.2 Å². The number of ether oxygens (including phenoxy) is 1. The second-order valence-electron chi connectivity index (χ2n) is 4.38. The van der Waals surface area contributed by atoms with Gasteiger partial charge in [0.2, 0.25) is 0 Å². The molecule has 2 aromatic rings. The molecule has 0 saturated carbocycles. The van der Waals surface area contributed by atoms with E-state index in [9.17, 15) is 9.18 Å². The van der Waals surface area contributed by atoms with Gasteiger partial charge in [-0.15, -0.1) is 0 Å². The Balaban J connectivity index is 2.07. The van der Waals surface area contributed by atoms with Crippen molar-refractivity contribution in [2.75, 3.05) is 12.8 Å². The molecule has 0 atom stereocenters. The molecule has 3 N–H and O–H groups in total. The van der Waals surface area contributed by atoms with Gasteiger partial charge in [0.1, 0.15) is 11.6 Å². The number of hydrogen-bond donors (Lipinski definition) is 2. The van der Waals surface area contributed by atoms with Gasteiger partial charge in [0, 0.05) is 11.0 Å². The number of nitrogens with one attached hydrogen (secondary N) is 1. The molecule has 0 fully saturated rings. The van der Waals surface area contributed by atoms with Crippen LogP contribution in [-0.4, -0.2) is 13.0 Å². The predicted molar refractivity (Wildman–Crippen MR) is 82.7 cm³/mol. The molecule has 0 heterocycles. The highest BCUT2D eigenvalue weighted by Crippen LogP contribution is 2.22. The lowest BCUT2D eigenvalue weighted by molar-refractivity contribution is 0.0949. The predicted octanol–water partition coefficient (Wildman–Crippen LogP) is 3.11. The molecule has 0 aliphatic rings. The van der Waals surface area contributed by atoms with Crippen molar-refractivity contribution in [1.82, 2.24) is 5.32 Å². The Kier molecular flexibility index (Phi) is 4.80. The van der Waals surface area contributed by atoms with Crippen molar-refractivity contribution in [2.24, 2.45) is 0 Å². The molecule has 2 rings (SSSR count). The third-order valence-corrected chi connectivity index (χ3v) is 3.61. The van der Waals surface area contributed by atoms with Crippen LogP contribution in [0, 0.1) is 5.82 Å². The molecule has 0 radical (unpaired) electrons. The number of anilines is 1. The molecule has 2 aromatic carbocycles. The van der Waals surface area contributed by atoms with Crippen molar-refractivity contribution in [3.63, 3.8) is 0 Å². The van der Waals surface area contributed by atoms with Gasteiger partial charge < -0.3 is 15.8 Å². The van der Waals surface area contributed by atoms with Gasteiger partial charge in [0.05, 0.1) is 18.4 Å². The minimum atomic E-state index is -0.461. The van der Waals surface area contributed by atoms with Crippen LogP contribution in [0.5, 0.6) is 5.75 Å². The minimum Gasteiger partial charge on any atom is -0.495 e. The summed E-state index contributed by atoms with van der Waals surface area (Å²) in [6.45, 7) is 0.288. The number of carbonyl (C=O) groups is 1. The fourth-order valence-corrected chi connectivity index (χ4v) is 2.27. The van der Waals surface area contributed by atoms with Crippen LogP contribution in [0.25, 0.3) is 0 Å². The van der Waals surface area contributed by atoms with Crippen molar-refractivity contribution in [2.45, 2.75) is 6.54 Å². The Morgan fingerprint density at radius 1 is 1.33 bits per heavy atom. The average Bonchev–Trinajstić information content (AvgIpc) is 2.47. The van der Waals surface area contributed by atoms with Gasteiger partial charge in [-0.3, -0.25) is 4.79 Å². The van der Waals surface area contributed by atoms with Crippen molar-refractivity contribution in [1.29, 1.82) is 0 Å². The van der Waals surface area contributed by atoms with Gasteiger partial charge >= 0.3 is 0 Å². The van der Waals surface area contributed by atoms with Crippen LogP contribution in [0.3, 0.4) is 0 Å². The monoisotopic (exact) mass is 352 g/mol. The van der Waals surface area contributed by atoms with Gasteiger partial charge in [0.25, 0.3) is 5.91 Å². The summed E-state index contributed by atoms with van der Waals surface area (Å²) in [6, 6.07) is 9.22. The molecule has 6 heteroatoms. The molecule has 0 spiro atoms. The summed E-state index contributed by atoms with van der Waals surface area (Å²) in [4.78, 5) is 12.0. The summed E-state index contributed by atoms with van der Waals surface area (Å²) in [7, 11) is 1.54. The lowest BCUT2D eigenvalue weighted by Crippen LogP contribution is -2.23. The Labute approximate surface area is 130 Å². The van der Waals surface area contributed by atoms with Crippen LogP contribution in [-0.2, 0) is 6.54 Å². The van der Waals surface area contributed by atoms with E-state index < -0.39 is 5.82 Å². The van der Waals surface area contributed by atoms with Crippen molar-refractivity contribution < 1.29 is 13.9 Å². The molecular weight excluding hydrogens is 339 g/mol. The second kappa shape index (κ2) is 6.58. The maximum Gasteiger partial charge on any atom is 0.252 e. The Morgan fingerprint density at radius 3 is 2.76 bits per heavy atom. The normalized spacial score (nSPS) is 10.2. The van der Waals surface area contributed by atoms with Gasteiger partial charge in [-0.1, -0.05) is 6.07 Å². The highest BCUT2D eigenvalue weighted by molar-refractivity contribution is 9.10. The number of nitrogen functional groups attached to an aromatic ring is 1. The number of hydrogen-bond acceptors (Lipinski definition) is 3. The first-order valence-electron chi connectivity index (χ1n) is 6.17. The van der Waals surface area contributed by atoms with Gasteiger partial charge in [-0.2, -0.15) is 0 Å². The van der Waals surface area contributed by atoms with Gasteiger partial charge in [0.15, 0.2) is 0 Å². The number of carbonyl (C=O) groups excluding carboxylic acids is 1. The Bertz CT molecular complexity index is 677. The Hall–Kier alpha value is -2.08. The number of methoxy groups -OCH3 is 1. The van der Waals surface area contributed by atoms with Crippen LogP contribution in [0.1, 0.15) is 15.9 Å². The number of rotatable bonds is 4. The van der Waals surface area contributed by atoms with Crippen molar-refractivity contribution in [3.05, 3.63) is 57.8 Å². The number of amides is 1. The number of benzene rings is 2. The highest BCUT2D eigenvalue weighted by Gasteiger charge is 2.11. The molecule has 1 amide bonds. The summed E-state index contributed by atoms with van der Waals surface area (Å²) in [5.41, 5.74) is 7.37. The first-order valence-corrected chi connectivity index (χ1v) is 6.96. The Morgan fingerprint density at radius 2 is 2.10 bits per heavy atom. The summed E-state index contributed by atoms with van der Waals surface area (Å²) < 4.78 is 18.8. The van der Waals surface area contributed by atoms with Crippen LogP contribution in [0.4, 0.5) is 10.1 Å². The standard InChI is InChI=1S/C15H14BrFN2O2/c1-21-14-5-2-9(6-13(14)18)8-19-15(20)11-7-10(17)3-4-12(11)16/h2-7H,8,18H2,1H3,(H,19,20). The molecule has 0 aliphatic heterocycles. The maximum absolute atomic E-state index is 13.2. The third kappa shape index (κ3) is 3.72. The molecule has 0 aliphatic carbocycles. The zero-order chi connectivity index (χ0) is 15.4. The topological polar surface area (TPSA) is 64.3 Å². The second-order valence-corrected chi connectivity index (χ2v) is 5.24. The average molecular weight is 353 g/mol. The fraction of sp³-hybridized carbons (Fsp3) is 0.133. The highest BCUT2D eigenvalue weighted by atomic mass is 79.9. The maximum atomic E-state index is 13.2. The van der Waals surface area contributed by atoms with E-state index in [-0.39, 0.29) is 18.0 Å². The number of halogens is 2. The van der Waals surface area contributed by atoms with Gasteiger partial charge in [-0.25, -0.2) is 4.39 Å². The number of nitrogens with two attached hydrogens (primary N) is 1. The van der Waals surface area contributed by atoms with E-state index in [0.717, 1.165) is 5.56 Å². The van der Waals surface area contributed by atoms with E-state index in [4.69, 9.17) is 10.5 Å². The molecule has 0 saturated heterocycles. The summed E-state index contributed by atoms with van der Waals surface area (Å²) in [6.07, 6.45) is 0. The fourth-order valence-electron chi connectivity index (χ4n) is 1.84. The first-order chi connectivity index (χ1) is 10.0. The van der Waals surface area contributed by atoms with E-state index >= 15 is 0 Å². The molecule has 21 heavy (non-hydrogen) atoms. The SMILES string of the molecule is COc1ccc(CNC(=O)c2cc(F)ccc2Br)cc1N. The third-order valence-electron chi connectivity index (χ3n) is 2.92. The largest absolute Gasteiger partial charge is 0.495 e. The van der Waals surface area contributed by atoms with Gasteiger partial charge in [-0.05, 0) is 51.8 Å². The van der Waals surface area contributed by atoms with Crippen molar-refractivity contribution >= 4 is 27.5 Å². The molecule has 0 aromatic heterocycles. The van der Waals surface area contributed by atoms with E-state index in [0.29, 0.717) is 15.9 Å². The zero-order valence-corrected chi connectivity index (χ0v) is 12.9. The van der Waals surface area contributed by atoms with E-state index in [1.807, 2.05) is 0 Å². The molecule has 0 unspecified atom stereocenters. The van der Waals surface area contributed by atoms with Crippen molar-refractivity contribution in [3.8, 4) is 5.75 Å². The lowest BCUT2D eigenvalue weighted by atomic mass is 10.1. The zero-order valence-electron chi connectivity index (χ0n) is 11.3. The molecular formula is C15H14BrFN2O2. The molecule has 110 valence electrons. The molecule has 4 nitrogen and oxygen atoms in total. The smallest absolute Gasteiger partial charge is 0.252 e. The van der Waals surface area contributed by atoms with Crippen LogP contribution in [0.2, 0.25) is 0 Å². The van der Waals surface area contributed by atoms with Crippen LogP contribution in [0.15, 0.2) is 40.9 Å². The summed E-state index contributed by atoms with van der Waals surface area (Å²) >= 11 is 3.22. The lowest BCUT2D eigenvalue weighted by Gasteiger charge is -2.09. The van der Waals surface area contributed by atoms with Crippen LogP contribution < -0.4 is 15.8 Å². The van der Waals surface area contributed by atoms with E-state index in [1.165, 1.54) is 25.3 Å². The summed E-state index contributed by atoms with van der Waals surface area (Å²) in [5, 5.41) is 2.72. The van der Waals surface area contributed by atoms with Crippen LogP contribution >= 0.6 is 15.9 Å².